The van der Waals surface area contributed by atoms with Gasteiger partial charge in [0.25, 0.3) is 5.91 Å². The molecule has 0 bridgehead atoms. The number of rotatable bonds is 4. The van der Waals surface area contributed by atoms with Crippen molar-refractivity contribution >= 4 is 35.1 Å². The Morgan fingerprint density at radius 1 is 1.14 bits per heavy atom. The summed E-state index contributed by atoms with van der Waals surface area (Å²) in [5.41, 5.74) is 0.993. The van der Waals surface area contributed by atoms with Crippen LogP contribution in [-0.4, -0.2) is 28.6 Å². The number of benzene rings is 2. The molecule has 0 unspecified atom stereocenters. The molecule has 1 saturated heterocycles. The first-order valence-corrected chi connectivity index (χ1v) is 8.83. The van der Waals surface area contributed by atoms with Crippen LogP contribution in [0.3, 0.4) is 0 Å². The van der Waals surface area contributed by atoms with E-state index in [9.17, 15) is 14.0 Å². The van der Waals surface area contributed by atoms with Gasteiger partial charge in [0, 0.05) is 29.2 Å². The van der Waals surface area contributed by atoms with Gasteiger partial charge in [-0.15, -0.1) is 5.10 Å². The second kappa shape index (κ2) is 7.40. The number of nitrogens with zero attached hydrogens (tertiary/aromatic N) is 3. The summed E-state index contributed by atoms with van der Waals surface area (Å²) < 4.78 is 18.6. The lowest BCUT2D eigenvalue weighted by Gasteiger charge is -2.15. The Morgan fingerprint density at radius 3 is 2.57 bits per heavy atom. The summed E-state index contributed by atoms with van der Waals surface area (Å²) in [6.07, 6.45) is 0.185. The highest BCUT2D eigenvalue weighted by Crippen LogP contribution is 2.31. The normalized spacial score (nSPS) is 16.4. The van der Waals surface area contributed by atoms with E-state index >= 15 is 0 Å². The maximum atomic E-state index is 13.1. The highest BCUT2D eigenvalue weighted by atomic mass is 35.5. The van der Waals surface area contributed by atoms with Gasteiger partial charge >= 0.3 is 6.01 Å². The minimum atomic E-state index is -0.415. The molecule has 1 aromatic heterocycles. The molecule has 3 aromatic rings. The van der Waals surface area contributed by atoms with Crippen molar-refractivity contribution in [1.82, 2.24) is 10.2 Å². The molecule has 0 aliphatic carbocycles. The average Bonchev–Trinajstić information content (AvgIpc) is 3.29. The first-order valence-electron chi connectivity index (χ1n) is 8.46. The molecule has 0 saturated carbocycles. The number of anilines is 2. The van der Waals surface area contributed by atoms with Gasteiger partial charge in [-0.1, -0.05) is 16.7 Å². The minimum absolute atomic E-state index is 0.0531. The zero-order valence-electron chi connectivity index (χ0n) is 14.4. The van der Waals surface area contributed by atoms with Crippen LogP contribution in [-0.2, 0) is 4.79 Å². The maximum Gasteiger partial charge on any atom is 0.322 e. The standard InChI is InChI=1S/C19H14ClFN4O3/c20-13-3-1-11(2-4-13)17(27)22-19-24-23-18(28-19)12-9-16(26)25(10-12)15-7-5-14(21)6-8-15/h1-8,12H,9-10H2,(H,22,24,27)/t12-/m1/s1. The fraction of sp³-hybridized carbons (Fsp3) is 0.158. The van der Waals surface area contributed by atoms with Gasteiger partial charge in [0.05, 0.1) is 5.92 Å². The molecule has 28 heavy (non-hydrogen) atoms. The highest BCUT2D eigenvalue weighted by Gasteiger charge is 2.35. The minimum Gasteiger partial charge on any atom is -0.407 e. The molecule has 2 amide bonds. The third-order valence-corrected chi connectivity index (χ3v) is 4.63. The Hall–Kier alpha value is -3.26. The summed E-state index contributed by atoms with van der Waals surface area (Å²) in [6, 6.07) is 12.0. The number of hydrogen-bond donors (Lipinski definition) is 1. The lowest BCUT2D eigenvalue weighted by atomic mass is 10.1. The number of amides is 2. The smallest absolute Gasteiger partial charge is 0.322 e. The molecule has 1 aliphatic rings. The van der Waals surface area contributed by atoms with Crippen molar-refractivity contribution in [2.75, 3.05) is 16.8 Å². The van der Waals surface area contributed by atoms with Gasteiger partial charge in [0.1, 0.15) is 5.82 Å². The van der Waals surface area contributed by atoms with Crippen LogP contribution in [0.5, 0.6) is 0 Å². The summed E-state index contributed by atoms with van der Waals surface area (Å²) in [6.45, 7) is 0.331. The summed E-state index contributed by atoms with van der Waals surface area (Å²) in [5, 5.41) is 10.8. The summed E-state index contributed by atoms with van der Waals surface area (Å²) in [7, 11) is 0. The van der Waals surface area contributed by atoms with E-state index < -0.39 is 5.91 Å². The van der Waals surface area contributed by atoms with Crippen LogP contribution in [0.4, 0.5) is 16.1 Å². The Bertz CT molecular complexity index is 1020. The summed E-state index contributed by atoms with van der Waals surface area (Å²) in [4.78, 5) is 26.0. The van der Waals surface area contributed by atoms with E-state index in [1.54, 1.807) is 41.3 Å². The topological polar surface area (TPSA) is 88.3 Å². The largest absolute Gasteiger partial charge is 0.407 e. The van der Waals surface area contributed by atoms with Crippen molar-refractivity contribution in [2.45, 2.75) is 12.3 Å². The van der Waals surface area contributed by atoms with Gasteiger partial charge in [0.15, 0.2) is 0 Å². The van der Waals surface area contributed by atoms with Gasteiger partial charge in [0.2, 0.25) is 11.8 Å². The van der Waals surface area contributed by atoms with Gasteiger partial charge in [-0.25, -0.2) is 4.39 Å². The van der Waals surface area contributed by atoms with E-state index in [4.69, 9.17) is 16.0 Å². The maximum absolute atomic E-state index is 13.1. The molecular formula is C19H14ClFN4O3. The average molecular weight is 401 g/mol. The van der Waals surface area contributed by atoms with Crippen molar-refractivity contribution in [2.24, 2.45) is 0 Å². The van der Waals surface area contributed by atoms with E-state index in [-0.39, 0.29) is 36.0 Å². The van der Waals surface area contributed by atoms with E-state index in [0.717, 1.165) is 0 Å². The van der Waals surface area contributed by atoms with Gasteiger partial charge in [-0.05, 0) is 48.5 Å². The van der Waals surface area contributed by atoms with Crippen molar-refractivity contribution in [3.05, 3.63) is 70.8 Å². The molecule has 1 aliphatic heterocycles. The molecule has 2 aromatic carbocycles. The predicted octanol–water partition coefficient (Wildman–Crippen LogP) is 3.63. The van der Waals surface area contributed by atoms with Crippen LogP contribution >= 0.6 is 11.6 Å². The van der Waals surface area contributed by atoms with Gasteiger partial charge in [-0.2, -0.15) is 0 Å². The molecule has 2 heterocycles. The highest BCUT2D eigenvalue weighted by molar-refractivity contribution is 6.30. The first kappa shape index (κ1) is 18.1. The number of aromatic nitrogens is 2. The zero-order chi connectivity index (χ0) is 19.7. The molecule has 9 heteroatoms. The molecule has 1 fully saturated rings. The van der Waals surface area contributed by atoms with E-state index in [1.807, 2.05) is 0 Å². The number of hydrogen-bond acceptors (Lipinski definition) is 5. The lowest BCUT2D eigenvalue weighted by Crippen LogP contribution is -2.24. The van der Waals surface area contributed by atoms with Crippen LogP contribution in [0.1, 0.15) is 28.6 Å². The molecule has 4 rings (SSSR count). The van der Waals surface area contributed by atoms with Crippen LogP contribution in [0.2, 0.25) is 5.02 Å². The van der Waals surface area contributed by atoms with Crippen LogP contribution in [0.25, 0.3) is 0 Å². The second-order valence-electron chi connectivity index (χ2n) is 6.29. The van der Waals surface area contributed by atoms with E-state index in [0.29, 0.717) is 22.8 Å². The third-order valence-electron chi connectivity index (χ3n) is 4.38. The zero-order valence-corrected chi connectivity index (χ0v) is 15.2. The Balaban J connectivity index is 1.44. The van der Waals surface area contributed by atoms with Crippen molar-refractivity contribution in [3.63, 3.8) is 0 Å². The Kier molecular flexibility index (Phi) is 4.79. The van der Waals surface area contributed by atoms with Crippen LogP contribution in [0.15, 0.2) is 52.9 Å². The third kappa shape index (κ3) is 3.72. The molecule has 1 atom stereocenters. The van der Waals surface area contributed by atoms with E-state index in [1.165, 1.54) is 12.1 Å². The molecule has 0 radical (unpaired) electrons. The quantitative estimate of drug-likeness (QED) is 0.722. The predicted molar refractivity (Wildman–Crippen MR) is 99.8 cm³/mol. The van der Waals surface area contributed by atoms with Gasteiger partial charge in [-0.3, -0.25) is 14.9 Å². The van der Waals surface area contributed by atoms with Crippen LogP contribution in [0, 0.1) is 5.82 Å². The number of carbonyl (C=O) groups excluding carboxylic acids is 2. The van der Waals surface area contributed by atoms with E-state index in [2.05, 4.69) is 15.5 Å². The van der Waals surface area contributed by atoms with Crippen molar-refractivity contribution in [3.8, 4) is 0 Å². The van der Waals surface area contributed by atoms with Crippen LogP contribution < -0.4 is 10.2 Å². The fourth-order valence-corrected chi connectivity index (χ4v) is 3.09. The summed E-state index contributed by atoms with van der Waals surface area (Å²) >= 11 is 5.81. The monoisotopic (exact) mass is 400 g/mol. The molecule has 0 spiro atoms. The Labute approximate surface area is 164 Å². The number of halogens is 2. The fourth-order valence-electron chi connectivity index (χ4n) is 2.96. The molecular weight excluding hydrogens is 387 g/mol. The molecule has 1 N–H and O–H groups in total. The molecule has 7 nitrogen and oxygen atoms in total. The number of carbonyl (C=O) groups is 2. The van der Waals surface area contributed by atoms with Gasteiger partial charge < -0.3 is 9.32 Å². The SMILES string of the molecule is O=C(Nc1nnc([C@@H]2CC(=O)N(c3ccc(F)cc3)C2)o1)c1ccc(Cl)cc1. The lowest BCUT2D eigenvalue weighted by molar-refractivity contribution is -0.117. The van der Waals surface area contributed by atoms with Crippen molar-refractivity contribution < 1.29 is 18.4 Å². The first-order chi connectivity index (χ1) is 13.5. The summed E-state index contributed by atoms with van der Waals surface area (Å²) in [5.74, 6) is -0.968. The number of nitrogens with one attached hydrogen (secondary N) is 1. The second-order valence-corrected chi connectivity index (χ2v) is 6.72. The molecule has 142 valence electrons. The van der Waals surface area contributed by atoms with Crippen molar-refractivity contribution in [1.29, 1.82) is 0 Å². The Morgan fingerprint density at radius 2 is 1.86 bits per heavy atom.